The van der Waals surface area contributed by atoms with E-state index in [1.54, 1.807) is 12.1 Å². The van der Waals surface area contributed by atoms with Crippen LogP contribution in [0.1, 0.15) is 6.92 Å². The van der Waals surface area contributed by atoms with Gasteiger partial charge >= 0.3 is 0 Å². The lowest BCUT2D eigenvalue weighted by Crippen LogP contribution is -2.26. The zero-order valence-electron chi connectivity index (χ0n) is 10.4. The number of benzene rings is 1. The molecule has 0 aliphatic rings. The Morgan fingerprint density at radius 1 is 1.17 bits per heavy atom. The summed E-state index contributed by atoms with van der Waals surface area (Å²) >= 11 is 0. The lowest BCUT2D eigenvalue weighted by molar-refractivity contribution is 0.598. The summed E-state index contributed by atoms with van der Waals surface area (Å²) in [6.07, 6.45) is 1.05. The average molecular weight is 292 g/mol. The summed E-state index contributed by atoms with van der Waals surface area (Å²) in [5, 5.41) is 0. The summed E-state index contributed by atoms with van der Waals surface area (Å²) in [6.45, 7) is 1.51. The normalized spacial score (nSPS) is 12.2. The maximum Gasteiger partial charge on any atom is 0.232 e. The molecule has 6 nitrogen and oxygen atoms in total. The summed E-state index contributed by atoms with van der Waals surface area (Å²) < 4.78 is 49.3. The molecule has 0 fully saturated rings. The van der Waals surface area contributed by atoms with Crippen LogP contribution in [-0.2, 0) is 20.0 Å². The van der Waals surface area contributed by atoms with Crippen molar-refractivity contribution < 1.29 is 16.8 Å². The number of nitrogens with one attached hydrogen (secondary N) is 1. The highest BCUT2D eigenvalue weighted by Crippen LogP contribution is 2.27. The first-order chi connectivity index (χ1) is 8.17. The number of sulfonamides is 2. The van der Waals surface area contributed by atoms with E-state index in [1.165, 1.54) is 26.1 Å². The molecule has 0 bridgehead atoms. The van der Waals surface area contributed by atoms with Gasteiger partial charge in [-0.3, -0.25) is 9.03 Å². The molecule has 0 saturated carbocycles. The summed E-state index contributed by atoms with van der Waals surface area (Å²) in [4.78, 5) is 0. The number of nitrogens with zero attached hydrogens (tertiary/aromatic N) is 1. The van der Waals surface area contributed by atoms with Crippen LogP contribution >= 0.6 is 0 Å². The summed E-state index contributed by atoms with van der Waals surface area (Å²) in [6, 6.07) is 6.33. The maximum absolute atomic E-state index is 11.5. The van der Waals surface area contributed by atoms with Crippen LogP contribution in [0.25, 0.3) is 0 Å². The Bertz CT molecular complexity index is 623. The lowest BCUT2D eigenvalue weighted by atomic mass is 10.3. The Balaban J connectivity index is 3.24. The quantitative estimate of drug-likeness (QED) is 0.872. The van der Waals surface area contributed by atoms with Crippen LogP contribution in [0.4, 0.5) is 11.4 Å². The number of anilines is 2. The molecule has 0 amide bonds. The van der Waals surface area contributed by atoms with E-state index in [2.05, 4.69) is 4.72 Å². The number of para-hydroxylation sites is 2. The van der Waals surface area contributed by atoms with E-state index < -0.39 is 20.0 Å². The molecule has 0 aliphatic heterocycles. The van der Waals surface area contributed by atoms with Gasteiger partial charge in [0.15, 0.2) is 0 Å². The van der Waals surface area contributed by atoms with Gasteiger partial charge in [-0.15, -0.1) is 0 Å². The van der Waals surface area contributed by atoms with Crippen LogP contribution in [0.15, 0.2) is 24.3 Å². The second kappa shape index (κ2) is 5.15. The highest BCUT2D eigenvalue weighted by atomic mass is 32.2. The Labute approximate surface area is 108 Å². The second-order valence-electron chi connectivity index (χ2n) is 3.75. The van der Waals surface area contributed by atoms with E-state index in [-0.39, 0.29) is 17.1 Å². The van der Waals surface area contributed by atoms with Crippen molar-refractivity contribution in [1.82, 2.24) is 0 Å². The van der Waals surface area contributed by atoms with Gasteiger partial charge in [0.1, 0.15) is 0 Å². The highest BCUT2D eigenvalue weighted by Gasteiger charge is 2.17. The third-order valence-electron chi connectivity index (χ3n) is 2.39. The van der Waals surface area contributed by atoms with Crippen molar-refractivity contribution in [2.24, 2.45) is 0 Å². The highest BCUT2D eigenvalue weighted by molar-refractivity contribution is 7.93. The first-order valence-electron chi connectivity index (χ1n) is 5.21. The molecule has 1 N–H and O–H groups in total. The van der Waals surface area contributed by atoms with Crippen LogP contribution in [0.2, 0.25) is 0 Å². The Morgan fingerprint density at radius 2 is 1.72 bits per heavy atom. The first kappa shape index (κ1) is 14.8. The zero-order chi connectivity index (χ0) is 14.0. The van der Waals surface area contributed by atoms with Gasteiger partial charge in [-0.25, -0.2) is 16.8 Å². The molecule has 0 radical (unpaired) electrons. The van der Waals surface area contributed by atoms with E-state index in [1.807, 2.05) is 0 Å². The van der Waals surface area contributed by atoms with E-state index >= 15 is 0 Å². The average Bonchev–Trinajstić information content (AvgIpc) is 2.27. The molecular formula is C10H16N2O4S2. The van der Waals surface area contributed by atoms with Crippen molar-refractivity contribution in [3.05, 3.63) is 24.3 Å². The molecule has 1 aromatic rings. The molecule has 102 valence electrons. The van der Waals surface area contributed by atoms with Gasteiger partial charge in [0.2, 0.25) is 20.0 Å². The Hall–Kier alpha value is -1.28. The fraction of sp³-hybridized carbons (Fsp3) is 0.400. The van der Waals surface area contributed by atoms with Crippen LogP contribution in [0.5, 0.6) is 0 Å². The predicted octanol–water partition coefficient (Wildman–Crippen LogP) is 0.844. The van der Waals surface area contributed by atoms with E-state index in [9.17, 15) is 16.8 Å². The number of rotatable bonds is 5. The molecule has 8 heteroatoms. The topological polar surface area (TPSA) is 83.6 Å². The molecule has 0 atom stereocenters. The Morgan fingerprint density at radius 3 is 2.22 bits per heavy atom. The summed E-state index contributed by atoms with van der Waals surface area (Å²) in [7, 11) is -5.52. The van der Waals surface area contributed by atoms with Crippen molar-refractivity contribution in [2.75, 3.05) is 28.1 Å². The van der Waals surface area contributed by atoms with Gasteiger partial charge in [0, 0.05) is 7.05 Å². The predicted molar refractivity (Wildman–Crippen MR) is 72.8 cm³/mol. The fourth-order valence-electron chi connectivity index (χ4n) is 1.25. The minimum absolute atomic E-state index is 0.0794. The maximum atomic E-state index is 11.5. The van der Waals surface area contributed by atoms with Gasteiger partial charge in [-0.1, -0.05) is 12.1 Å². The molecule has 1 aromatic carbocycles. The van der Waals surface area contributed by atoms with Gasteiger partial charge in [0.25, 0.3) is 0 Å². The third-order valence-corrected chi connectivity index (χ3v) is 4.87. The van der Waals surface area contributed by atoms with Crippen molar-refractivity contribution in [3.8, 4) is 0 Å². The van der Waals surface area contributed by atoms with E-state index in [4.69, 9.17) is 0 Å². The molecule has 0 spiro atoms. The van der Waals surface area contributed by atoms with Crippen LogP contribution in [0, 0.1) is 0 Å². The molecule has 0 aliphatic carbocycles. The van der Waals surface area contributed by atoms with Crippen LogP contribution < -0.4 is 9.03 Å². The minimum Gasteiger partial charge on any atom is -0.281 e. The monoisotopic (exact) mass is 292 g/mol. The van der Waals surface area contributed by atoms with Crippen molar-refractivity contribution in [2.45, 2.75) is 6.92 Å². The lowest BCUT2D eigenvalue weighted by Gasteiger charge is -2.20. The molecule has 0 aromatic heterocycles. The van der Waals surface area contributed by atoms with Crippen molar-refractivity contribution in [1.29, 1.82) is 0 Å². The van der Waals surface area contributed by atoms with E-state index in [0.717, 1.165) is 10.6 Å². The zero-order valence-corrected chi connectivity index (χ0v) is 12.0. The first-order valence-corrected chi connectivity index (χ1v) is 8.71. The molecule has 18 heavy (non-hydrogen) atoms. The molecular weight excluding hydrogens is 276 g/mol. The van der Waals surface area contributed by atoms with E-state index in [0.29, 0.717) is 0 Å². The summed E-state index contributed by atoms with van der Waals surface area (Å²) in [5.41, 5.74) is 0.532. The number of hydrogen-bond donors (Lipinski definition) is 1. The van der Waals surface area contributed by atoms with Gasteiger partial charge in [-0.05, 0) is 19.1 Å². The summed E-state index contributed by atoms with van der Waals surface area (Å²) in [5.74, 6) is -0.0794. The largest absolute Gasteiger partial charge is 0.281 e. The van der Waals surface area contributed by atoms with Crippen molar-refractivity contribution >= 4 is 31.4 Å². The third kappa shape index (κ3) is 3.61. The standard InChI is InChI=1S/C10H16N2O4S2/c1-4-18(15,16)11-9-7-5-6-8-10(9)12(2)17(3,13)14/h5-8,11H,4H2,1-3H3. The minimum atomic E-state index is -3.45. The number of hydrogen-bond acceptors (Lipinski definition) is 4. The Kier molecular flexibility index (Phi) is 4.23. The van der Waals surface area contributed by atoms with Gasteiger partial charge < -0.3 is 0 Å². The smallest absolute Gasteiger partial charge is 0.232 e. The SMILES string of the molecule is CCS(=O)(=O)Nc1ccccc1N(C)S(C)(=O)=O. The van der Waals surface area contributed by atoms with Crippen LogP contribution in [0.3, 0.4) is 0 Å². The molecule has 0 saturated heterocycles. The van der Waals surface area contributed by atoms with Gasteiger partial charge in [-0.2, -0.15) is 0 Å². The van der Waals surface area contributed by atoms with Crippen LogP contribution in [-0.4, -0.2) is 35.9 Å². The molecule has 0 heterocycles. The molecule has 1 rings (SSSR count). The second-order valence-corrected chi connectivity index (χ2v) is 7.78. The fourth-order valence-corrected chi connectivity index (χ4v) is 2.42. The van der Waals surface area contributed by atoms with Crippen molar-refractivity contribution in [3.63, 3.8) is 0 Å². The molecule has 0 unspecified atom stereocenters. The van der Waals surface area contributed by atoms with Gasteiger partial charge in [0.05, 0.1) is 23.4 Å².